The van der Waals surface area contributed by atoms with Crippen LogP contribution in [0.4, 0.5) is 0 Å². The number of methoxy groups -OCH3 is 4. The summed E-state index contributed by atoms with van der Waals surface area (Å²) in [7, 11) is 3.50. The molecular weight excluding hydrogens is 602 g/mol. The van der Waals surface area contributed by atoms with Crippen LogP contribution in [0, 0.1) is 19.8 Å². The van der Waals surface area contributed by atoms with Gasteiger partial charge < -0.3 is 32.7 Å². The molecule has 9 nitrogen and oxygen atoms in total. The van der Waals surface area contributed by atoms with Crippen molar-refractivity contribution in [1.82, 2.24) is 4.90 Å². The summed E-state index contributed by atoms with van der Waals surface area (Å²) in [6.07, 6.45) is 1.03. The lowest BCUT2D eigenvalue weighted by Gasteiger charge is -2.51. The zero-order valence-corrected chi connectivity index (χ0v) is 31.3. The first-order valence-electron chi connectivity index (χ1n) is 16.1. The molecule has 2 heterocycles. The van der Waals surface area contributed by atoms with Gasteiger partial charge >= 0.3 is 8.56 Å². The number of carbonyl (C=O) groups excluding carboxylic acids is 2. The van der Waals surface area contributed by atoms with E-state index in [1.165, 1.54) is 0 Å². The van der Waals surface area contributed by atoms with Crippen LogP contribution in [0.15, 0.2) is 6.07 Å². The maximum atomic E-state index is 14.3. The average molecular weight is 656 g/mol. The second kappa shape index (κ2) is 12.8. The Morgan fingerprint density at radius 1 is 0.957 bits per heavy atom. The molecule has 0 saturated heterocycles. The Labute approximate surface area is 276 Å². The smallest absolute Gasteiger partial charge is 0.410 e. The van der Waals surface area contributed by atoms with Crippen molar-refractivity contribution in [2.24, 2.45) is 5.92 Å². The van der Waals surface area contributed by atoms with Crippen molar-refractivity contribution in [3.63, 3.8) is 0 Å². The fourth-order valence-corrected chi connectivity index (χ4v) is 12.4. The molecular formula is C36H53NO8Si. The molecule has 46 heavy (non-hydrogen) atoms. The molecule has 0 N–H and O–H groups in total. The van der Waals surface area contributed by atoms with Crippen LogP contribution in [0.5, 0.6) is 28.7 Å². The molecule has 0 radical (unpaired) electrons. The van der Waals surface area contributed by atoms with E-state index in [2.05, 4.69) is 47.6 Å². The minimum Gasteiger partial charge on any atom is -0.516 e. The molecule has 2 aliphatic rings. The number of amides is 1. The van der Waals surface area contributed by atoms with Crippen LogP contribution >= 0.6 is 0 Å². The lowest BCUT2D eigenvalue weighted by molar-refractivity contribution is -0.137. The Bertz CT molecular complexity index is 1510. The molecule has 0 spiro atoms. The molecule has 2 aromatic carbocycles. The van der Waals surface area contributed by atoms with Gasteiger partial charge in [0, 0.05) is 32.7 Å². The normalized spacial score (nSPS) is 18.3. The molecule has 2 aliphatic heterocycles. The highest BCUT2D eigenvalue weighted by Crippen LogP contribution is 2.57. The lowest BCUT2D eigenvalue weighted by Crippen LogP contribution is -2.61. The number of nitrogens with zero attached hydrogens (tertiary/aromatic N) is 1. The molecule has 254 valence electrons. The summed E-state index contributed by atoms with van der Waals surface area (Å²) >= 11 is 0. The first-order valence-corrected chi connectivity index (χ1v) is 17.9. The van der Waals surface area contributed by atoms with Gasteiger partial charge in [0.15, 0.2) is 28.8 Å². The summed E-state index contributed by atoms with van der Waals surface area (Å²) in [6, 6.07) is 1.68. The van der Waals surface area contributed by atoms with Crippen LogP contribution in [-0.2, 0) is 22.2 Å². The Hall–Kier alpha value is -3.24. The zero-order valence-electron chi connectivity index (χ0n) is 30.3. The van der Waals surface area contributed by atoms with E-state index >= 15 is 0 Å². The van der Waals surface area contributed by atoms with E-state index < -0.39 is 20.5 Å². The summed E-state index contributed by atoms with van der Waals surface area (Å²) in [4.78, 5) is 29.8. The van der Waals surface area contributed by atoms with Gasteiger partial charge in [-0.15, -0.1) is 0 Å². The van der Waals surface area contributed by atoms with Gasteiger partial charge in [-0.25, -0.2) is 0 Å². The molecule has 10 heteroatoms. The van der Waals surface area contributed by atoms with Crippen LogP contribution in [-0.4, -0.2) is 60.1 Å². The van der Waals surface area contributed by atoms with Crippen LogP contribution in [0.2, 0.25) is 10.1 Å². The van der Waals surface area contributed by atoms with E-state index in [-0.39, 0.29) is 28.3 Å². The Balaban J connectivity index is 1.76. The molecule has 2 atom stereocenters. The van der Waals surface area contributed by atoms with Gasteiger partial charge in [0.2, 0.25) is 5.91 Å². The number of benzene rings is 2. The highest BCUT2D eigenvalue weighted by Gasteiger charge is 2.62. The number of Topliss-reactive ketones (excluding diaryl/α,β-unsaturated/α-hetero) is 1. The topological polar surface area (TPSA) is 92.8 Å². The number of ketones is 1. The fourth-order valence-electron chi connectivity index (χ4n) is 7.76. The number of carbonyl (C=O) groups is 2. The van der Waals surface area contributed by atoms with Gasteiger partial charge in [-0.2, -0.15) is 0 Å². The van der Waals surface area contributed by atoms with Gasteiger partial charge in [0.05, 0.1) is 53.2 Å². The van der Waals surface area contributed by atoms with Gasteiger partial charge in [-0.05, 0) is 37.8 Å². The lowest BCUT2D eigenvalue weighted by atomic mass is 9.85. The van der Waals surface area contributed by atoms with Crippen molar-refractivity contribution in [3.05, 3.63) is 39.4 Å². The molecule has 0 aromatic heterocycles. The summed E-state index contributed by atoms with van der Waals surface area (Å²) < 4.78 is 37.0. The van der Waals surface area contributed by atoms with Crippen molar-refractivity contribution < 1.29 is 37.4 Å². The zero-order chi connectivity index (χ0) is 34.5. The minimum absolute atomic E-state index is 0.0444. The van der Waals surface area contributed by atoms with E-state index in [4.69, 9.17) is 27.8 Å². The Morgan fingerprint density at radius 2 is 1.52 bits per heavy atom. The third-order valence-electron chi connectivity index (χ3n) is 9.62. The van der Waals surface area contributed by atoms with Crippen LogP contribution < -0.4 is 23.4 Å². The Morgan fingerprint density at radius 3 is 2.02 bits per heavy atom. The summed E-state index contributed by atoms with van der Waals surface area (Å²) in [5.41, 5.74) is 4.61. The van der Waals surface area contributed by atoms with E-state index in [9.17, 15) is 9.59 Å². The number of hydrogen-bond acceptors (Lipinski definition) is 8. The molecule has 0 saturated carbocycles. The maximum Gasteiger partial charge on any atom is 0.410 e. The fraction of sp³-hybridized carbons (Fsp3) is 0.611. The van der Waals surface area contributed by atoms with Crippen molar-refractivity contribution in [1.29, 1.82) is 0 Å². The number of hydrogen-bond donors (Lipinski definition) is 0. The standard InChI is InChI=1S/C36H53NO8Si/c1-15-25-27-28(30(41-12)22(4)31(42-13)33(27)43-14)26(38)18-37(25)34(39)21(3)17-23-16-20(2)29(40-11)32-24(23)19-44-46(45-32,35(5,6)7)36(8,9)10/h16,21,25H,15,17-19H2,1-14H3/t21-,25-/m0/s1. The van der Waals surface area contributed by atoms with Crippen molar-refractivity contribution in [3.8, 4) is 28.7 Å². The molecule has 4 rings (SSSR count). The number of ether oxygens (including phenoxy) is 4. The van der Waals surface area contributed by atoms with E-state index in [0.29, 0.717) is 59.1 Å². The first kappa shape index (κ1) is 35.6. The third-order valence-corrected chi connectivity index (χ3v) is 14.6. The van der Waals surface area contributed by atoms with Crippen LogP contribution in [0.25, 0.3) is 0 Å². The van der Waals surface area contributed by atoms with Crippen molar-refractivity contribution in [2.45, 2.75) is 105 Å². The first-order chi connectivity index (χ1) is 21.4. The minimum atomic E-state index is -2.83. The highest BCUT2D eigenvalue weighted by molar-refractivity contribution is 6.74. The SMILES string of the molecule is CC[C@H]1c2c(OC)c(OC)c(C)c(OC)c2C(=O)CN1C(=O)[C@@H](C)Cc1cc(C)c(OC)c2c1CO[Si](C(C)(C)C)(C(C)(C)C)O2. The largest absolute Gasteiger partial charge is 0.516 e. The molecule has 0 bridgehead atoms. The number of aryl methyl sites for hydroxylation is 1. The van der Waals surface area contributed by atoms with E-state index in [1.54, 1.807) is 33.3 Å². The Kier molecular flexibility index (Phi) is 9.87. The predicted octanol–water partition coefficient (Wildman–Crippen LogP) is 7.64. The van der Waals surface area contributed by atoms with Gasteiger partial charge in [-0.3, -0.25) is 9.59 Å². The van der Waals surface area contributed by atoms with Crippen LogP contribution in [0.1, 0.15) is 106 Å². The van der Waals surface area contributed by atoms with Gasteiger partial charge in [0.25, 0.3) is 0 Å². The number of rotatable bonds is 8. The molecule has 0 unspecified atom stereocenters. The summed E-state index contributed by atoms with van der Waals surface area (Å²) in [5, 5.41) is -0.420. The molecule has 1 amide bonds. The third kappa shape index (κ3) is 5.55. The second-order valence-corrected chi connectivity index (χ2v) is 19.4. The molecule has 2 aromatic rings. The quantitative estimate of drug-likeness (QED) is 0.268. The van der Waals surface area contributed by atoms with Gasteiger partial charge in [-0.1, -0.05) is 61.5 Å². The number of fused-ring (bicyclic) bond motifs is 2. The maximum absolute atomic E-state index is 14.3. The molecule has 0 aliphatic carbocycles. The highest BCUT2D eigenvalue weighted by atomic mass is 28.4. The van der Waals surface area contributed by atoms with E-state index in [0.717, 1.165) is 22.4 Å². The summed E-state index contributed by atoms with van der Waals surface area (Å²) in [5.74, 6) is 2.12. The predicted molar refractivity (Wildman–Crippen MR) is 181 cm³/mol. The van der Waals surface area contributed by atoms with Gasteiger partial charge in [0.1, 0.15) is 5.75 Å². The monoisotopic (exact) mass is 655 g/mol. The molecule has 0 fully saturated rings. The average Bonchev–Trinajstić information content (AvgIpc) is 2.98. The second-order valence-electron chi connectivity index (χ2n) is 14.6. The van der Waals surface area contributed by atoms with E-state index in [1.807, 2.05) is 27.7 Å². The van der Waals surface area contributed by atoms with Crippen molar-refractivity contribution >= 4 is 20.3 Å². The van der Waals surface area contributed by atoms with Crippen molar-refractivity contribution in [2.75, 3.05) is 35.0 Å². The van der Waals surface area contributed by atoms with Crippen LogP contribution in [0.3, 0.4) is 0 Å². The summed E-state index contributed by atoms with van der Waals surface area (Å²) in [6.45, 7) is 21.2.